The number of halogens is 2. The maximum Gasteiger partial charge on any atom is 0.229 e. The molecule has 0 saturated heterocycles. The SMILES string of the molecule is Cc1cc(CNc2nc(N)nc(Cl)n2)cc(C)c1F. The zero-order chi connectivity index (χ0) is 14.0. The second-order valence-electron chi connectivity index (χ2n) is 4.18. The van der Waals surface area contributed by atoms with Crippen LogP contribution in [0.5, 0.6) is 0 Å². The van der Waals surface area contributed by atoms with E-state index in [4.69, 9.17) is 17.3 Å². The predicted octanol–water partition coefficient (Wildman–Crippen LogP) is 2.48. The van der Waals surface area contributed by atoms with Crippen LogP contribution in [0.4, 0.5) is 16.3 Å². The van der Waals surface area contributed by atoms with Crippen molar-refractivity contribution in [1.29, 1.82) is 0 Å². The lowest BCUT2D eigenvalue weighted by atomic mass is 10.1. The molecule has 5 nitrogen and oxygen atoms in total. The molecule has 100 valence electrons. The zero-order valence-electron chi connectivity index (χ0n) is 10.5. The molecule has 1 aromatic heterocycles. The Kier molecular flexibility index (Phi) is 3.80. The molecule has 0 radical (unpaired) electrons. The van der Waals surface area contributed by atoms with Crippen molar-refractivity contribution in [2.45, 2.75) is 20.4 Å². The molecule has 0 aliphatic carbocycles. The highest BCUT2D eigenvalue weighted by atomic mass is 35.5. The number of rotatable bonds is 3. The van der Waals surface area contributed by atoms with Crippen molar-refractivity contribution < 1.29 is 4.39 Å². The highest BCUT2D eigenvalue weighted by molar-refractivity contribution is 6.28. The summed E-state index contributed by atoms with van der Waals surface area (Å²) in [5, 5.41) is 3.00. The van der Waals surface area contributed by atoms with Crippen LogP contribution in [0.15, 0.2) is 12.1 Å². The van der Waals surface area contributed by atoms with Crippen LogP contribution in [0.25, 0.3) is 0 Å². The van der Waals surface area contributed by atoms with Gasteiger partial charge in [0.05, 0.1) is 0 Å². The van der Waals surface area contributed by atoms with E-state index in [-0.39, 0.29) is 23.0 Å². The molecule has 1 aromatic carbocycles. The molecular formula is C12H13ClFN5. The van der Waals surface area contributed by atoms with Crippen LogP contribution in [0, 0.1) is 19.7 Å². The summed E-state index contributed by atoms with van der Waals surface area (Å²) in [7, 11) is 0. The van der Waals surface area contributed by atoms with E-state index in [2.05, 4.69) is 20.3 Å². The molecule has 7 heteroatoms. The molecule has 2 aromatic rings. The second kappa shape index (κ2) is 5.36. The number of hydrogen-bond acceptors (Lipinski definition) is 5. The average molecular weight is 282 g/mol. The highest BCUT2D eigenvalue weighted by Gasteiger charge is 2.06. The number of hydrogen-bond donors (Lipinski definition) is 2. The van der Waals surface area contributed by atoms with E-state index in [9.17, 15) is 4.39 Å². The third-order valence-corrected chi connectivity index (χ3v) is 2.74. The Balaban J connectivity index is 2.14. The fraction of sp³-hybridized carbons (Fsp3) is 0.250. The van der Waals surface area contributed by atoms with Crippen molar-refractivity contribution >= 4 is 23.5 Å². The number of aromatic nitrogens is 3. The van der Waals surface area contributed by atoms with Crippen molar-refractivity contribution in [1.82, 2.24) is 15.0 Å². The maximum absolute atomic E-state index is 13.5. The molecule has 0 aliphatic heterocycles. The van der Waals surface area contributed by atoms with E-state index in [0.717, 1.165) is 5.56 Å². The Morgan fingerprint density at radius 2 is 1.84 bits per heavy atom. The first kappa shape index (κ1) is 13.5. The van der Waals surface area contributed by atoms with Gasteiger partial charge in [-0.2, -0.15) is 15.0 Å². The number of nitrogens with two attached hydrogens (primary N) is 1. The van der Waals surface area contributed by atoms with Crippen molar-refractivity contribution in [3.8, 4) is 0 Å². The molecule has 0 bridgehead atoms. The monoisotopic (exact) mass is 281 g/mol. The zero-order valence-corrected chi connectivity index (χ0v) is 11.3. The van der Waals surface area contributed by atoms with E-state index >= 15 is 0 Å². The first-order valence-electron chi connectivity index (χ1n) is 5.62. The second-order valence-corrected chi connectivity index (χ2v) is 4.52. The number of nitrogen functional groups attached to an aromatic ring is 1. The Labute approximate surface area is 115 Å². The molecule has 3 N–H and O–H groups in total. The van der Waals surface area contributed by atoms with Crippen LogP contribution in [0.1, 0.15) is 16.7 Å². The lowest BCUT2D eigenvalue weighted by Crippen LogP contribution is -2.07. The Morgan fingerprint density at radius 1 is 1.21 bits per heavy atom. The van der Waals surface area contributed by atoms with Crippen LogP contribution in [-0.2, 0) is 6.54 Å². The summed E-state index contributed by atoms with van der Waals surface area (Å²) in [6.45, 7) is 3.90. The third kappa shape index (κ3) is 3.29. The summed E-state index contributed by atoms with van der Waals surface area (Å²) >= 11 is 5.67. The van der Waals surface area contributed by atoms with E-state index in [1.165, 1.54) is 0 Å². The number of aryl methyl sites for hydroxylation is 2. The van der Waals surface area contributed by atoms with Gasteiger partial charge in [0, 0.05) is 6.54 Å². The Morgan fingerprint density at radius 3 is 2.42 bits per heavy atom. The minimum atomic E-state index is -0.184. The largest absolute Gasteiger partial charge is 0.368 e. The van der Waals surface area contributed by atoms with E-state index in [1.54, 1.807) is 26.0 Å². The number of anilines is 2. The summed E-state index contributed by atoms with van der Waals surface area (Å²) < 4.78 is 13.5. The van der Waals surface area contributed by atoms with Gasteiger partial charge in [0.15, 0.2) is 0 Å². The molecule has 0 fully saturated rings. The Hall–Kier alpha value is -1.95. The Bertz CT molecular complexity index is 574. The smallest absolute Gasteiger partial charge is 0.229 e. The maximum atomic E-state index is 13.5. The average Bonchev–Trinajstić information content (AvgIpc) is 2.32. The summed E-state index contributed by atoms with van der Waals surface area (Å²) in [6.07, 6.45) is 0. The molecule has 19 heavy (non-hydrogen) atoms. The summed E-state index contributed by atoms with van der Waals surface area (Å²) in [4.78, 5) is 11.4. The van der Waals surface area contributed by atoms with E-state index in [0.29, 0.717) is 17.7 Å². The van der Waals surface area contributed by atoms with Gasteiger partial charge in [-0.3, -0.25) is 0 Å². The molecule has 0 spiro atoms. The van der Waals surface area contributed by atoms with Gasteiger partial charge in [0.1, 0.15) is 5.82 Å². The number of nitrogens with zero attached hydrogens (tertiary/aromatic N) is 3. The quantitative estimate of drug-likeness (QED) is 0.904. The molecule has 0 amide bonds. The van der Waals surface area contributed by atoms with Gasteiger partial charge >= 0.3 is 0 Å². The van der Waals surface area contributed by atoms with Gasteiger partial charge in [-0.25, -0.2) is 4.39 Å². The third-order valence-electron chi connectivity index (χ3n) is 2.57. The summed E-state index contributed by atoms with van der Waals surface area (Å²) in [5.41, 5.74) is 7.59. The molecule has 0 aliphatic rings. The van der Waals surface area contributed by atoms with Crippen LogP contribution in [-0.4, -0.2) is 15.0 Å². The van der Waals surface area contributed by atoms with Crippen LogP contribution in [0.3, 0.4) is 0 Å². The number of benzene rings is 1. The van der Waals surface area contributed by atoms with Crippen molar-refractivity contribution in [3.63, 3.8) is 0 Å². The van der Waals surface area contributed by atoms with E-state index < -0.39 is 0 Å². The molecular weight excluding hydrogens is 269 g/mol. The summed E-state index contributed by atoms with van der Waals surface area (Å²) in [6, 6.07) is 3.53. The summed E-state index contributed by atoms with van der Waals surface area (Å²) in [5.74, 6) is 0.155. The van der Waals surface area contributed by atoms with Gasteiger partial charge in [0.25, 0.3) is 0 Å². The molecule has 0 atom stereocenters. The van der Waals surface area contributed by atoms with Gasteiger partial charge in [-0.1, -0.05) is 12.1 Å². The fourth-order valence-electron chi connectivity index (χ4n) is 1.76. The lowest BCUT2D eigenvalue weighted by Gasteiger charge is -2.08. The molecule has 1 heterocycles. The first-order chi connectivity index (χ1) is 8.95. The van der Waals surface area contributed by atoms with Crippen molar-refractivity contribution in [3.05, 3.63) is 39.9 Å². The van der Waals surface area contributed by atoms with Crippen LogP contribution in [0.2, 0.25) is 5.28 Å². The molecule has 2 rings (SSSR count). The topological polar surface area (TPSA) is 76.7 Å². The van der Waals surface area contributed by atoms with E-state index in [1.807, 2.05) is 0 Å². The standard InChI is InChI=1S/C12H13ClFN5/c1-6-3-8(4-7(2)9(6)14)5-16-12-18-10(13)17-11(15)19-12/h3-4H,5H2,1-2H3,(H3,15,16,17,18,19). The minimum absolute atomic E-state index is 0.0291. The van der Waals surface area contributed by atoms with Gasteiger partial charge in [-0.05, 0) is 42.1 Å². The van der Waals surface area contributed by atoms with Crippen molar-refractivity contribution in [2.24, 2.45) is 0 Å². The van der Waals surface area contributed by atoms with Crippen LogP contribution >= 0.6 is 11.6 Å². The predicted molar refractivity (Wildman–Crippen MR) is 72.5 cm³/mol. The van der Waals surface area contributed by atoms with Gasteiger partial charge in [0.2, 0.25) is 17.2 Å². The minimum Gasteiger partial charge on any atom is -0.368 e. The molecule has 0 unspecified atom stereocenters. The fourth-order valence-corrected chi connectivity index (χ4v) is 1.93. The first-order valence-corrected chi connectivity index (χ1v) is 6.00. The number of nitrogens with one attached hydrogen (secondary N) is 1. The normalized spacial score (nSPS) is 10.5. The van der Waals surface area contributed by atoms with Gasteiger partial charge < -0.3 is 11.1 Å². The lowest BCUT2D eigenvalue weighted by molar-refractivity contribution is 0.608. The van der Waals surface area contributed by atoms with Crippen molar-refractivity contribution in [2.75, 3.05) is 11.1 Å². The highest BCUT2D eigenvalue weighted by Crippen LogP contribution is 2.16. The van der Waals surface area contributed by atoms with Crippen LogP contribution < -0.4 is 11.1 Å². The van der Waals surface area contributed by atoms with Gasteiger partial charge in [-0.15, -0.1) is 0 Å². The molecule has 0 saturated carbocycles.